The highest BCUT2D eigenvalue weighted by Gasteiger charge is 2.18. The molecule has 1 aliphatic rings. The van der Waals surface area contributed by atoms with E-state index >= 15 is 0 Å². The molecule has 0 saturated carbocycles. The van der Waals surface area contributed by atoms with E-state index < -0.39 is 0 Å². The average molecular weight is 226 g/mol. The molecule has 0 radical (unpaired) electrons. The predicted octanol–water partition coefficient (Wildman–Crippen LogP) is 1.88. The number of nitrogens with one attached hydrogen (secondary N) is 1. The maximum absolute atomic E-state index is 12.0. The molecule has 0 bridgehead atoms. The number of carbonyl (C=O) groups excluding carboxylic acids is 1. The Morgan fingerprint density at radius 3 is 2.69 bits per heavy atom. The van der Waals surface area contributed by atoms with E-state index in [4.69, 9.17) is 0 Å². The Balaban J connectivity index is 2.32. The summed E-state index contributed by atoms with van der Waals surface area (Å²) in [4.78, 5) is 14.1. The highest BCUT2D eigenvalue weighted by molar-refractivity contribution is 5.76. The van der Waals surface area contributed by atoms with Gasteiger partial charge < -0.3 is 10.2 Å². The monoisotopic (exact) mass is 226 g/mol. The van der Waals surface area contributed by atoms with Gasteiger partial charge in [-0.15, -0.1) is 0 Å². The standard InChI is InChI=1S/C13H26N2O/c1-11(2)9-12(3)10-13(16)15-7-4-5-14-6-8-15/h11-12,14H,4-10H2,1-3H3. The zero-order chi connectivity index (χ0) is 12.0. The molecule has 94 valence electrons. The molecule has 1 atom stereocenters. The SMILES string of the molecule is CC(C)CC(C)CC(=O)N1CCCNCC1. The topological polar surface area (TPSA) is 32.3 Å². The summed E-state index contributed by atoms with van der Waals surface area (Å²) in [5, 5.41) is 3.32. The van der Waals surface area contributed by atoms with Gasteiger partial charge in [0.2, 0.25) is 5.91 Å². The van der Waals surface area contributed by atoms with Crippen LogP contribution in [-0.4, -0.2) is 37.0 Å². The number of hydrogen-bond acceptors (Lipinski definition) is 2. The molecule has 0 aromatic heterocycles. The van der Waals surface area contributed by atoms with E-state index in [0.29, 0.717) is 17.7 Å². The van der Waals surface area contributed by atoms with E-state index in [9.17, 15) is 4.79 Å². The summed E-state index contributed by atoms with van der Waals surface area (Å²) >= 11 is 0. The third-order valence-electron chi connectivity index (χ3n) is 3.09. The van der Waals surface area contributed by atoms with Crippen LogP contribution in [0.1, 0.15) is 40.0 Å². The van der Waals surface area contributed by atoms with Crippen LogP contribution < -0.4 is 5.32 Å². The Morgan fingerprint density at radius 2 is 2.00 bits per heavy atom. The second-order valence-corrected chi connectivity index (χ2v) is 5.42. The molecule has 0 aromatic rings. The molecular formula is C13H26N2O. The van der Waals surface area contributed by atoms with Crippen molar-refractivity contribution in [2.75, 3.05) is 26.2 Å². The fourth-order valence-corrected chi connectivity index (χ4v) is 2.41. The molecule has 0 spiro atoms. The van der Waals surface area contributed by atoms with Gasteiger partial charge in [0.1, 0.15) is 0 Å². The maximum atomic E-state index is 12.0. The normalized spacial score (nSPS) is 19.6. The second-order valence-electron chi connectivity index (χ2n) is 5.42. The maximum Gasteiger partial charge on any atom is 0.222 e. The van der Waals surface area contributed by atoms with Gasteiger partial charge in [-0.1, -0.05) is 20.8 Å². The number of amides is 1. The second kappa shape index (κ2) is 6.89. The molecular weight excluding hydrogens is 200 g/mol. The molecule has 1 fully saturated rings. The molecule has 1 unspecified atom stereocenters. The van der Waals surface area contributed by atoms with Gasteiger partial charge in [0.25, 0.3) is 0 Å². The van der Waals surface area contributed by atoms with Crippen molar-refractivity contribution in [1.29, 1.82) is 0 Å². The van der Waals surface area contributed by atoms with Crippen LogP contribution in [0.2, 0.25) is 0 Å². The Labute approximate surface area is 99.6 Å². The minimum atomic E-state index is 0.344. The van der Waals surface area contributed by atoms with Crippen molar-refractivity contribution >= 4 is 5.91 Å². The van der Waals surface area contributed by atoms with Gasteiger partial charge in [-0.25, -0.2) is 0 Å². The van der Waals surface area contributed by atoms with Crippen LogP contribution in [-0.2, 0) is 4.79 Å². The first-order valence-electron chi connectivity index (χ1n) is 6.58. The van der Waals surface area contributed by atoms with Gasteiger partial charge in [-0.2, -0.15) is 0 Å². The van der Waals surface area contributed by atoms with E-state index in [0.717, 1.165) is 45.4 Å². The van der Waals surface area contributed by atoms with Crippen LogP contribution in [0.5, 0.6) is 0 Å². The molecule has 1 rings (SSSR count). The van der Waals surface area contributed by atoms with Gasteiger partial charge in [0.15, 0.2) is 0 Å². The van der Waals surface area contributed by atoms with Crippen molar-refractivity contribution in [3.63, 3.8) is 0 Å². The molecule has 1 aliphatic heterocycles. The number of hydrogen-bond donors (Lipinski definition) is 1. The van der Waals surface area contributed by atoms with Crippen molar-refractivity contribution in [3.8, 4) is 0 Å². The summed E-state index contributed by atoms with van der Waals surface area (Å²) in [5.74, 6) is 1.55. The fourth-order valence-electron chi connectivity index (χ4n) is 2.41. The Bertz CT molecular complexity index is 208. The van der Waals surface area contributed by atoms with E-state index in [-0.39, 0.29) is 0 Å². The van der Waals surface area contributed by atoms with Gasteiger partial charge in [0, 0.05) is 26.1 Å². The van der Waals surface area contributed by atoms with Crippen LogP contribution in [0.15, 0.2) is 0 Å². The molecule has 1 N–H and O–H groups in total. The summed E-state index contributed by atoms with van der Waals surface area (Å²) in [6.45, 7) is 10.4. The zero-order valence-corrected chi connectivity index (χ0v) is 11.0. The molecule has 0 aliphatic carbocycles. The Morgan fingerprint density at radius 1 is 1.25 bits per heavy atom. The lowest BCUT2D eigenvalue weighted by atomic mass is 9.95. The summed E-state index contributed by atoms with van der Waals surface area (Å²) in [7, 11) is 0. The van der Waals surface area contributed by atoms with E-state index in [2.05, 4.69) is 26.1 Å². The summed E-state index contributed by atoms with van der Waals surface area (Å²) in [6.07, 6.45) is 2.96. The lowest BCUT2D eigenvalue weighted by molar-refractivity contribution is -0.132. The van der Waals surface area contributed by atoms with Crippen molar-refractivity contribution < 1.29 is 4.79 Å². The van der Waals surface area contributed by atoms with Gasteiger partial charge in [0.05, 0.1) is 0 Å². The molecule has 16 heavy (non-hydrogen) atoms. The molecule has 0 aromatic carbocycles. The molecule has 1 saturated heterocycles. The third kappa shape index (κ3) is 4.97. The minimum absolute atomic E-state index is 0.344. The van der Waals surface area contributed by atoms with Gasteiger partial charge in [-0.3, -0.25) is 4.79 Å². The number of nitrogens with zero attached hydrogens (tertiary/aromatic N) is 1. The Hall–Kier alpha value is -0.570. The van der Waals surface area contributed by atoms with Crippen molar-refractivity contribution in [1.82, 2.24) is 10.2 Å². The van der Waals surface area contributed by atoms with Gasteiger partial charge in [-0.05, 0) is 31.2 Å². The van der Waals surface area contributed by atoms with E-state index in [1.165, 1.54) is 0 Å². The van der Waals surface area contributed by atoms with Crippen molar-refractivity contribution in [3.05, 3.63) is 0 Å². The zero-order valence-electron chi connectivity index (χ0n) is 11.0. The molecule has 1 amide bonds. The van der Waals surface area contributed by atoms with Crippen molar-refractivity contribution in [2.24, 2.45) is 11.8 Å². The summed E-state index contributed by atoms with van der Waals surface area (Å²) in [6, 6.07) is 0. The predicted molar refractivity (Wildman–Crippen MR) is 67.3 cm³/mol. The average Bonchev–Trinajstić information content (AvgIpc) is 2.43. The first-order valence-corrected chi connectivity index (χ1v) is 6.58. The minimum Gasteiger partial charge on any atom is -0.341 e. The number of rotatable bonds is 4. The van der Waals surface area contributed by atoms with Crippen LogP contribution >= 0.6 is 0 Å². The number of carbonyl (C=O) groups is 1. The fraction of sp³-hybridized carbons (Fsp3) is 0.923. The molecule has 3 nitrogen and oxygen atoms in total. The van der Waals surface area contributed by atoms with Crippen LogP contribution in [0.25, 0.3) is 0 Å². The van der Waals surface area contributed by atoms with Crippen LogP contribution in [0, 0.1) is 11.8 Å². The van der Waals surface area contributed by atoms with Crippen molar-refractivity contribution in [2.45, 2.75) is 40.0 Å². The Kier molecular flexibility index (Phi) is 5.81. The molecule has 3 heteroatoms. The van der Waals surface area contributed by atoms with E-state index in [1.54, 1.807) is 0 Å². The van der Waals surface area contributed by atoms with Gasteiger partial charge >= 0.3 is 0 Å². The van der Waals surface area contributed by atoms with Crippen LogP contribution in [0.4, 0.5) is 0 Å². The summed E-state index contributed by atoms with van der Waals surface area (Å²) in [5.41, 5.74) is 0. The quantitative estimate of drug-likeness (QED) is 0.794. The lowest BCUT2D eigenvalue weighted by Crippen LogP contribution is -2.35. The highest BCUT2D eigenvalue weighted by Crippen LogP contribution is 2.16. The lowest BCUT2D eigenvalue weighted by Gasteiger charge is -2.22. The smallest absolute Gasteiger partial charge is 0.222 e. The van der Waals surface area contributed by atoms with Crippen LogP contribution in [0.3, 0.4) is 0 Å². The molecule has 1 heterocycles. The first kappa shape index (κ1) is 13.5. The van der Waals surface area contributed by atoms with E-state index in [1.807, 2.05) is 4.90 Å². The third-order valence-corrected chi connectivity index (χ3v) is 3.09. The first-order chi connectivity index (χ1) is 7.59. The largest absolute Gasteiger partial charge is 0.341 e. The summed E-state index contributed by atoms with van der Waals surface area (Å²) < 4.78 is 0. The highest BCUT2D eigenvalue weighted by atomic mass is 16.2.